The van der Waals surface area contributed by atoms with Crippen LogP contribution < -0.4 is 0 Å². The third-order valence-corrected chi connectivity index (χ3v) is 1.57. The average Bonchev–Trinajstić information content (AvgIpc) is 2.47. The van der Waals surface area contributed by atoms with Crippen LogP contribution in [0.2, 0.25) is 0 Å². The summed E-state index contributed by atoms with van der Waals surface area (Å²) in [7, 11) is 3.43. The van der Waals surface area contributed by atoms with Gasteiger partial charge in [-0.3, -0.25) is 4.79 Å². The van der Waals surface area contributed by atoms with Gasteiger partial charge in [-0.25, -0.2) is 4.98 Å². The van der Waals surface area contributed by atoms with Crippen molar-refractivity contribution >= 4 is 12.0 Å². The summed E-state index contributed by atoms with van der Waals surface area (Å²) in [6.45, 7) is 1.87. The van der Waals surface area contributed by atoms with E-state index in [4.69, 9.17) is 0 Å². The topological polar surface area (TPSA) is 49.0 Å². The first kappa shape index (κ1) is 9.51. The number of aromatic nitrogens is 2. The van der Waals surface area contributed by atoms with Crippen LogP contribution in [0.5, 0.6) is 0 Å². The van der Waals surface area contributed by atoms with Crippen LogP contribution in [0, 0.1) is 6.92 Å². The van der Waals surface area contributed by atoms with E-state index in [1.807, 2.05) is 6.92 Å². The predicted molar refractivity (Wildman–Crippen MR) is 51.1 cm³/mol. The SMILES string of the molecule is Cc1ncc(C=CC(=O)N(C)C)[nH]1. The predicted octanol–water partition coefficient (Wildman–Crippen LogP) is 0.820. The van der Waals surface area contributed by atoms with Crippen molar-refractivity contribution < 1.29 is 4.79 Å². The molecule has 4 nitrogen and oxygen atoms in total. The minimum Gasteiger partial charge on any atom is -0.345 e. The smallest absolute Gasteiger partial charge is 0.246 e. The molecule has 0 spiro atoms. The van der Waals surface area contributed by atoms with Crippen molar-refractivity contribution in [3.8, 4) is 0 Å². The summed E-state index contributed by atoms with van der Waals surface area (Å²) < 4.78 is 0. The Labute approximate surface area is 77.3 Å². The number of nitrogens with zero attached hydrogens (tertiary/aromatic N) is 2. The Hall–Kier alpha value is -1.58. The molecule has 1 N–H and O–H groups in total. The second-order valence-corrected chi connectivity index (χ2v) is 2.99. The number of carbonyl (C=O) groups is 1. The van der Waals surface area contributed by atoms with Crippen LogP contribution in [0.4, 0.5) is 0 Å². The van der Waals surface area contributed by atoms with E-state index in [1.54, 1.807) is 26.4 Å². The number of H-pyrrole nitrogens is 1. The molecule has 70 valence electrons. The highest BCUT2D eigenvalue weighted by Crippen LogP contribution is 1.98. The summed E-state index contributed by atoms with van der Waals surface area (Å²) >= 11 is 0. The van der Waals surface area contributed by atoms with E-state index in [9.17, 15) is 4.79 Å². The van der Waals surface area contributed by atoms with Crippen molar-refractivity contribution in [1.82, 2.24) is 14.9 Å². The van der Waals surface area contributed by atoms with Gasteiger partial charge in [0.15, 0.2) is 0 Å². The molecule has 0 fully saturated rings. The molecule has 13 heavy (non-hydrogen) atoms. The van der Waals surface area contributed by atoms with Crippen LogP contribution in [-0.4, -0.2) is 34.9 Å². The molecule has 1 amide bonds. The molecular weight excluding hydrogens is 166 g/mol. The molecular formula is C9H13N3O. The van der Waals surface area contributed by atoms with Gasteiger partial charge in [-0.15, -0.1) is 0 Å². The van der Waals surface area contributed by atoms with Crippen molar-refractivity contribution in [3.05, 3.63) is 23.8 Å². The molecule has 4 heteroatoms. The molecule has 0 bridgehead atoms. The first-order valence-electron chi connectivity index (χ1n) is 4.00. The number of nitrogens with one attached hydrogen (secondary N) is 1. The average molecular weight is 179 g/mol. The van der Waals surface area contributed by atoms with Crippen molar-refractivity contribution in [2.75, 3.05) is 14.1 Å². The fourth-order valence-corrected chi connectivity index (χ4v) is 0.835. The Morgan fingerprint density at radius 1 is 1.62 bits per heavy atom. The van der Waals surface area contributed by atoms with Gasteiger partial charge in [-0.05, 0) is 13.0 Å². The lowest BCUT2D eigenvalue weighted by Crippen LogP contribution is -2.18. The van der Waals surface area contributed by atoms with Gasteiger partial charge in [0.1, 0.15) is 5.82 Å². The summed E-state index contributed by atoms with van der Waals surface area (Å²) in [4.78, 5) is 19.7. The number of imidazole rings is 1. The molecule has 0 saturated heterocycles. The van der Waals surface area contributed by atoms with E-state index >= 15 is 0 Å². The second-order valence-electron chi connectivity index (χ2n) is 2.99. The summed E-state index contributed by atoms with van der Waals surface area (Å²) in [6, 6.07) is 0. The Balaban J connectivity index is 2.64. The summed E-state index contributed by atoms with van der Waals surface area (Å²) in [5.74, 6) is 0.809. The number of rotatable bonds is 2. The van der Waals surface area contributed by atoms with Crippen LogP contribution in [0.15, 0.2) is 12.3 Å². The molecule has 1 aromatic rings. The van der Waals surface area contributed by atoms with Crippen LogP contribution in [0.25, 0.3) is 6.08 Å². The van der Waals surface area contributed by atoms with Crippen molar-refractivity contribution in [2.45, 2.75) is 6.92 Å². The van der Waals surface area contributed by atoms with Gasteiger partial charge in [0, 0.05) is 20.2 Å². The van der Waals surface area contributed by atoms with E-state index in [2.05, 4.69) is 9.97 Å². The maximum Gasteiger partial charge on any atom is 0.246 e. The highest BCUT2D eigenvalue weighted by molar-refractivity contribution is 5.91. The third-order valence-electron chi connectivity index (χ3n) is 1.57. The minimum atomic E-state index is -0.0350. The molecule has 1 rings (SSSR count). The Morgan fingerprint density at radius 3 is 2.77 bits per heavy atom. The van der Waals surface area contributed by atoms with Gasteiger partial charge in [0.25, 0.3) is 0 Å². The van der Waals surface area contributed by atoms with E-state index in [0.29, 0.717) is 0 Å². The molecule has 0 unspecified atom stereocenters. The summed E-state index contributed by atoms with van der Waals surface area (Å²) in [5.41, 5.74) is 0.840. The van der Waals surface area contributed by atoms with Gasteiger partial charge in [-0.2, -0.15) is 0 Å². The van der Waals surface area contributed by atoms with Crippen molar-refractivity contribution in [2.24, 2.45) is 0 Å². The van der Waals surface area contributed by atoms with Crippen LogP contribution in [0.3, 0.4) is 0 Å². The highest BCUT2D eigenvalue weighted by Gasteiger charge is 1.97. The van der Waals surface area contributed by atoms with Crippen LogP contribution in [0.1, 0.15) is 11.5 Å². The normalized spacial score (nSPS) is 10.7. The fraction of sp³-hybridized carbons (Fsp3) is 0.333. The fourth-order valence-electron chi connectivity index (χ4n) is 0.835. The van der Waals surface area contributed by atoms with Gasteiger partial charge >= 0.3 is 0 Å². The lowest BCUT2D eigenvalue weighted by molar-refractivity contribution is -0.123. The second kappa shape index (κ2) is 3.89. The molecule has 0 aliphatic rings. The number of likely N-dealkylation sites (N-methyl/N-ethyl adjacent to an activating group) is 1. The lowest BCUT2D eigenvalue weighted by Gasteiger charge is -2.04. The molecule has 0 aliphatic carbocycles. The number of hydrogen-bond acceptors (Lipinski definition) is 2. The molecule has 0 saturated carbocycles. The van der Waals surface area contributed by atoms with Gasteiger partial charge < -0.3 is 9.88 Å². The monoisotopic (exact) mass is 179 g/mol. The first-order chi connectivity index (χ1) is 6.09. The molecule has 0 atom stereocenters. The zero-order chi connectivity index (χ0) is 9.84. The van der Waals surface area contributed by atoms with Crippen molar-refractivity contribution in [3.63, 3.8) is 0 Å². The van der Waals surface area contributed by atoms with Crippen LogP contribution in [-0.2, 0) is 4.79 Å². The number of carbonyl (C=O) groups excluding carboxylic acids is 1. The van der Waals surface area contributed by atoms with Gasteiger partial charge in [0.05, 0.1) is 11.9 Å². The standard InChI is InChI=1S/C9H13N3O/c1-7-10-6-8(11-7)4-5-9(13)12(2)3/h4-6H,1-3H3,(H,10,11). The van der Waals surface area contributed by atoms with E-state index in [-0.39, 0.29) is 5.91 Å². The van der Waals surface area contributed by atoms with Gasteiger partial charge in [-0.1, -0.05) is 0 Å². The lowest BCUT2D eigenvalue weighted by atomic mass is 10.4. The highest BCUT2D eigenvalue weighted by atomic mass is 16.2. The molecule has 0 aliphatic heterocycles. The third kappa shape index (κ3) is 2.74. The van der Waals surface area contributed by atoms with E-state index in [0.717, 1.165) is 11.5 Å². The summed E-state index contributed by atoms with van der Waals surface area (Å²) in [5, 5.41) is 0. The summed E-state index contributed by atoms with van der Waals surface area (Å²) in [6.07, 6.45) is 4.91. The first-order valence-corrected chi connectivity index (χ1v) is 4.00. The largest absolute Gasteiger partial charge is 0.345 e. The van der Waals surface area contributed by atoms with Gasteiger partial charge in [0.2, 0.25) is 5.91 Å². The minimum absolute atomic E-state index is 0.0350. The maximum absolute atomic E-state index is 11.1. The van der Waals surface area contributed by atoms with E-state index < -0.39 is 0 Å². The number of amides is 1. The Bertz CT molecular complexity index is 325. The number of hydrogen-bond donors (Lipinski definition) is 1. The van der Waals surface area contributed by atoms with Crippen molar-refractivity contribution in [1.29, 1.82) is 0 Å². The quantitative estimate of drug-likeness (QED) is 0.683. The Kier molecular flexibility index (Phi) is 2.84. The molecule has 0 radical (unpaired) electrons. The Morgan fingerprint density at radius 2 is 2.31 bits per heavy atom. The maximum atomic E-state index is 11.1. The van der Waals surface area contributed by atoms with E-state index in [1.165, 1.54) is 11.0 Å². The zero-order valence-electron chi connectivity index (χ0n) is 8.03. The molecule has 0 aromatic carbocycles. The van der Waals surface area contributed by atoms with Crippen LogP contribution >= 0.6 is 0 Å². The molecule has 1 aromatic heterocycles. The molecule has 1 heterocycles. The number of aromatic amines is 1. The number of aryl methyl sites for hydroxylation is 1. The zero-order valence-corrected chi connectivity index (χ0v) is 8.03.